The lowest BCUT2D eigenvalue weighted by atomic mass is 10.1. The highest BCUT2D eigenvalue weighted by molar-refractivity contribution is 5.79. The summed E-state index contributed by atoms with van der Waals surface area (Å²) in [5.74, 6) is 0.836. The molecule has 1 rings (SSSR count). The Hall–Kier alpha value is -0.850. The van der Waals surface area contributed by atoms with E-state index in [-0.39, 0.29) is 0 Å². The molecule has 0 aromatic rings. The van der Waals surface area contributed by atoms with Gasteiger partial charge in [-0.2, -0.15) is 0 Å². The summed E-state index contributed by atoms with van der Waals surface area (Å²) in [5.41, 5.74) is 0. The molecule has 1 saturated carbocycles. The third-order valence-corrected chi connectivity index (χ3v) is 4.80. The molecule has 6 heteroatoms. The second-order valence-corrected chi connectivity index (χ2v) is 7.20. The number of unbranched alkanes of at least 4 members (excludes halogenated alkanes) is 2. The lowest BCUT2D eigenvalue weighted by molar-refractivity contribution is 0.0411. The number of hydrogen-bond acceptors (Lipinski definition) is 4. The summed E-state index contributed by atoms with van der Waals surface area (Å²) in [5, 5.41) is 6.62. The number of nitrogens with zero attached hydrogens (tertiary/aromatic N) is 1. The van der Waals surface area contributed by atoms with E-state index in [1.54, 1.807) is 7.05 Å². The summed E-state index contributed by atoms with van der Waals surface area (Å²) in [6.45, 7) is 7.53. The Labute approximate surface area is 166 Å². The summed E-state index contributed by atoms with van der Waals surface area (Å²) >= 11 is 0. The zero-order valence-corrected chi connectivity index (χ0v) is 17.8. The number of hydrogen-bond donors (Lipinski definition) is 2. The van der Waals surface area contributed by atoms with E-state index in [4.69, 9.17) is 14.2 Å². The average molecular weight is 386 g/mol. The zero-order chi connectivity index (χ0) is 19.4. The van der Waals surface area contributed by atoms with Crippen molar-refractivity contribution in [1.29, 1.82) is 0 Å². The monoisotopic (exact) mass is 385 g/mol. The third-order valence-electron chi connectivity index (χ3n) is 4.80. The first-order valence-electron chi connectivity index (χ1n) is 11.1. The van der Waals surface area contributed by atoms with Crippen LogP contribution in [0.25, 0.3) is 0 Å². The molecule has 0 spiro atoms. The molecule has 160 valence electrons. The first kappa shape index (κ1) is 24.2. The van der Waals surface area contributed by atoms with Crippen LogP contribution in [0.4, 0.5) is 0 Å². The average Bonchev–Trinajstić information content (AvgIpc) is 2.96. The minimum atomic E-state index is 0.506. The van der Waals surface area contributed by atoms with E-state index in [1.165, 1.54) is 44.9 Å². The van der Waals surface area contributed by atoms with Crippen LogP contribution in [0.3, 0.4) is 0 Å². The van der Waals surface area contributed by atoms with E-state index in [0.29, 0.717) is 25.9 Å². The van der Waals surface area contributed by atoms with Crippen LogP contribution in [-0.2, 0) is 14.2 Å². The fourth-order valence-corrected chi connectivity index (χ4v) is 3.12. The Morgan fingerprint density at radius 1 is 0.815 bits per heavy atom. The Kier molecular flexibility index (Phi) is 16.6. The number of aliphatic imine (C=N–C) groups is 1. The van der Waals surface area contributed by atoms with Gasteiger partial charge in [0.05, 0.1) is 25.9 Å². The van der Waals surface area contributed by atoms with Crippen LogP contribution in [0.5, 0.6) is 0 Å². The SMILES string of the molecule is CCCCOCCOCCNC(=NC)NCCCCOC1CCCCCC1. The van der Waals surface area contributed by atoms with Gasteiger partial charge in [-0.25, -0.2) is 0 Å². The summed E-state index contributed by atoms with van der Waals surface area (Å²) in [7, 11) is 1.80. The molecule has 27 heavy (non-hydrogen) atoms. The number of rotatable bonds is 15. The van der Waals surface area contributed by atoms with Crippen LogP contribution in [0, 0.1) is 0 Å². The summed E-state index contributed by atoms with van der Waals surface area (Å²) < 4.78 is 17.0. The van der Waals surface area contributed by atoms with E-state index in [0.717, 1.165) is 51.5 Å². The predicted octanol–water partition coefficient (Wildman–Crippen LogP) is 3.50. The normalized spacial score (nSPS) is 16.3. The Balaban J connectivity index is 1.88. The van der Waals surface area contributed by atoms with Crippen molar-refractivity contribution in [2.24, 2.45) is 4.99 Å². The van der Waals surface area contributed by atoms with Crippen LogP contribution in [0.2, 0.25) is 0 Å². The highest BCUT2D eigenvalue weighted by Crippen LogP contribution is 2.19. The minimum absolute atomic E-state index is 0.506. The van der Waals surface area contributed by atoms with Crippen molar-refractivity contribution in [1.82, 2.24) is 10.6 Å². The van der Waals surface area contributed by atoms with Gasteiger partial charge in [0.2, 0.25) is 0 Å². The van der Waals surface area contributed by atoms with Crippen molar-refractivity contribution < 1.29 is 14.2 Å². The largest absolute Gasteiger partial charge is 0.379 e. The van der Waals surface area contributed by atoms with Gasteiger partial charge in [0.15, 0.2) is 5.96 Å². The summed E-state index contributed by atoms with van der Waals surface area (Å²) in [6.07, 6.45) is 12.9. The van der Waals surface area contributed by atoms with E-state index < -0.39 is 0 Å². The number of nitrogens with one attached hydrogen (secondary N) is 2. The van der Waals surface area contributed by atoms with Crippen molar-refractivity contribution in [3.05, 3.63) is 0 Å². The van der Waals surface area contributed by atoms with E-state index >= 15 is 0 Å². The van der Waals surface area contributed by atoms with E-state index in [1.807, 2.05) is 0 Å². The highest BCUT2D eigenvalue weighted by atomic mass is 16.5. The van der Waals surface area contributed by atoms with Crippen molar-refractivity contribution in [2.75, 3.05) is 53.2 Å². The molecule has 0 radical (unpaired) electrons. The molecule has 1 aliphatic carbocycles. The lowest BCUT2D eigenvalue weighted by Crippen LogP contribution is -2.39. The first-order chi connectivity index (χ1) is 13.4. The van der Waals surface area contributed by atoms with Gasteiger partial charge < -0.3 is 24.8 Å². The molecular formula is C21H43N3O3. The maximum absolute atomic E-state index is 6.03. The topological polar surface area (TPSA) is 64.1 Å². The molecule has 0 saturated heterocycles. The summed E-state index contributed by atoms with van der Waals surface area (Å²) in [6, 6.07) is 0. The van der Waals surface area contributed by atoms with Crippen LogP contribution >= 0.6 is 0 Å². The Morgan fingerprint density at radius 2 is 1.52 bits per heavy atom. The Morgan fingerprint density at radius 3 is 2.22 bits per heavy atom. The molecule has 0 amide bonds. The maximum Gasteiger partial charge on any atom is 0.191 e. The predicted molar refractivity (Wildman–Crippen MR) is 113 cm³/mol. The highest BCUT2D eigenvalue weighted by Gasteiger charge is 2.11. The van der Waals surface area contributed by atoms with Crippen molar-refractivity contribution in [2.45, 2.75) is 77.2 Å². The van der Waals surface area contributed by atoms with Crippen LogP contribution in [-0.4, -0.2) is 65.2 Å². The van der Waals surface area contributed by atoms with Gasteiger partial charge in [-0.15, -0.1) is 0 Å². The van der Waals surface area contributed by atoms with Crippen LogP contribution in [0.1, 0.15) is 71.1 Å². The standard InChI is InChI=1S/C21H43N3O3/c1-3-4-15-25-18-19-26-17-14-24-21(22-2)23-13-9-10-16-27-20-11-7-5-6-8-12-20/h20H,3-19H2,1-2H3,(H2,22,23,24). The van der Waals surface area contributed by atoms with Gasteiger partial charge in [-0.3, -0.25) is 4.99 Å². The lowest BCUT2D eigenvalue weighted by Gasteiger charge is -2.15. The van der Waals surface area contributed by atoms with Gasteiger partial charge >= 0.3 is 0 Å². The van der Waals surface area contributed by atoms with E-state index in [9.17, 15) is 0 Å². The van der Waals surface area contributed by atoms with Crippen LogP contribution < -0.4 is 10.6 Å². The van der Waals surface area contributed by atoms with Crippen molar-refractivity contribution >= 4 is 5.96 Å². The second kappa shape index (κ2) is 18.5. The summed E-state index contributed by atoms with van der Waals surface area (Å²) in [4.78, 5) is 4.24. The molecule has 6 nitrogen and oxygen atoms in total. The van der Waals surface area contributed by atoms with E-state index in [2.05, 4.69) is 22.5 Å². The quantitative estimate of drug-likeness (QED) is 0.195. The molecule has 0 heterocycles. The smallest absolute Gasteiger partial charge is 0.191 e. The fourth-order valence-electron chi connectivity index (χ4n) is 3.12. The molecule has 2 N–H and O–H groups in total. The van der Waals surface area contributed by atoms with Gasteiger partial charge in [-0.05, 0) is 32.1 Å². The number of ether oxygens (including phenoxy) is 3. The fraction of sp³-hybridized carbons (Fsp3) is 0.952. The molecule has 1 fully saturated rings. The third kappa shape index (κ3) is 14.8. The maximum atomic E-state index is 6.03. The first-order valence-corrected chi connectivity index (χ1v) is 11.1. The second-order valence-electron chi connectivity index (χ2n) is 7.20. The van der Waals surface area contributed by atoms with Crippen LogP contribution in [0.15, 0.2) is 4.99 Å². The molecule has 0 unspecified atom stereocenters. The van der Waals surface area contributed by atoms with Gasteiger partial charge in [-0.1, -0.05) is 39.0 Å². The Bertz CT molecular complexity index is 346. The molecule has 0 bridgehead atoms. The van der Waals surface area contributed by atoms with Gasteiger partial charge in [0.25, 0.3) is 0 Å². The minimum Gasteiger partial charge on any atom is -0.379 e. The zero-order valence-electron chi connectivity index (χ0n) is 17.8. The molecule has 0 aliphatic heterocycles. The molecule has 1 aliphatic rings. The molecule has 0 atom stereocenters. The van der Waals surface area contributed by atoms with Crippen molar-refractivity contribution in [3.63, 3.8) is 0 Å². The van der Waals surface area contributed by atoms with Gasteiger partial charge in [0.1, 0.15) is 0 Å². The molecular weight excluding hydrogens is 342 g/mol. The number of guanidine groups is 1. The van der Waals surface area contributed by atoms with Crippen molar-refractivity contribution in [3.8, 4) is 0 Å². The molecule has 0 aromatic heterocycles. The molecule has 0 aromatic carbocycles. The van der Waals surface area contributed by atoms with Gasteiger partial charge in [0, 0.05) is 33.4 Å².